The first kappa shape index (κ1) is 25.7. The third kappa shape index (κ3) is 5.25. The van der Waals surface area contributed by atoms with E-state index in [1.165, 1.54) is 25.2 Å². The van der Waals surface area contributed by atoms with Crippen molar-refractivity contribution in [1.29, 1.82) is 0 Å². The van der Waals surface area contributed by atoms with Crippen LogP contribution in [0.4, 0.5) is 23.4 Å². The normalized spacial score (nSPS) is 24.5. The molecule has 35 heavy (non-hydrogen) atoms. The lowest BCUT2D eigenvalue weighted by atomic mass is 9.88. The van der Waals surface area contributed by atoms with E-state index < -0.39 is 57.0 Å². The molecule has 1 amide bonds. The standard InChI is InChI=1S/C23H24ClF4N3O3S/c1-29-22(32)13-6-7-35(33,34)18(9-13)20(23(26,27)28)14-3-5-19(30-11-14)31-15-8-12-2-4-17(24)21(25)16(12)10-15/h2-5,11,13,15,18,20H,6-10H2,1H3,(H,29,32)(H,30,31)/t13?,15?,18?,20-/m1/s1. The lowest BCUT2D eigenvalue weighted by molar-refractivity contribution is -0.152. The fraction of sp³-hybridized carbons (Fsp3) is 0.478. The maximum Gasteiger partial charge on any atom is 0.397 e. The third-order valence-corrected chi connectivity index (χ3v) is 9.26. The molecule has 12 heteroatoms. The summed E-state index contributed by atoms with van der Waals surface area (Å²) in [6, 6.07) is 5.56. The van der Waals surface area contributed by atoms with Gasteiger partial charge in [-0.15, -0.1) is 0 Å². The number of nitrogens with zero attached hydrogens (tertiary/aromatic N) is 1. The number of nitrogens with one attached hydrogen (secondary N) is 2. The van der Waals surface area contributed by atoms with Crippen LogP contribution in [0.2, 0.25) is 5.02 Å². The van der Waals surface area contributed by atoms with E-state index in [4.69, 9.17) is 11.6 Å². The monoisotopic (exact) mass is 533 g/mol. The van der Waals surface area contributed by atoms with Crippen molar-refractivity contribution in [3.8, 4) is 0 Å². The third-order valence-electron chi connectivity index (χ3n) is 6.78. The Morgan fingerprint density at radius 3 is 2.57 bits per heavy atom. The number of hydrogen-bond donors (Lipinski definition) is 2. The van der Waals surface area contributed by atoms with E-state index in [0.29, 0.717) is 18.4 Å². The Bertz CT molecular complexity index is 1220. The van der Waals surface area contributed by atoms with Crippen molar-refractivity contribution in [2.75, 3.05) is 18.1 Å². The van der Waals surface area contributed by atoms with Gasteiger partial charge in [-0.2, -0.15) is 13.2 Å². The fourth-order valence-corrected chi connectivity index (χ4v) is 7.36. The van der Waals surface area contributed by atoms with Gasteiger partial charge in [-0.25, -0.2) is 17.8 Å². The highest BCUT2D eigenvalue weighted by molar-refractivity contribution is 7.92. The summed E-state index contributed by atoms with van der Waals surface area (Å²) in [5, 5.41) is 3.73. The maximum absolute atomic E-state index is 14.3. The van der Waals surface area contributed by atoms with Crippen molar-refractivity contribution in [2.24, 2.45) is 5.92 Å². The number of aromatic nitrogens is 1. The van der Waals surface area contributed by atoms with Crippen LogP contribution in [0.3, 0.4) is 0 Å². The van der Waals surface area contributed by atoms with E-state index in [-0.39, 0.29) is 28.9 Å². The first-order valence-electron chi connectivity index (χ1n) is 11.1. The molecule has 1 saturated heterocycles. The minimum absolute atomic E-state index is 0.0141. The number of benzene rings is 1. The number of halogens is 5. The van der Waals surface area contributed by atoms with Gasteiger partial charge in [0.2, 0.25) is 5.91 Å². The zero-order valence-corrected chi connectivity index (χ0v) is 20.3. The molecule has 1 fully saturated rings. The van der Waals surface area contributed by atoms with Crippen molar-refractivity contribution >= 4 is 33.2 Å². The number of carbonyl (C=O) groups excluding carboxylic acids is 1. The first-order chi connectivity index (χ1) is 16.4. The van der Waals surface area contributed by atoms with Crippen molar-refractivity contribution in [2.45, 2.75) is 49.1 Å². The quantitative estimate of drug-likeness (QED) is 0.566. The summed E-state index contributed by atoms with van der Waals surface area (Å²) in [4.78, 5) is 16.1. The summed E-state index contributed by atoms with van der Waals surface area (Å²) in [5.74, 6) is -4.28. The Labute approximate surface area is 205 Å². The summed E-state index contributed by atoms with van der Waals surface area (Å²) < 4.78 is 82.0. The van der Waals surface area contributed by atoms with E-state index in [2.05, 4.69) is 15.6 Å². The highest BCUT2D eigenvalue weighted by Crippen LogP contribution is 2.44. The average molecular weight is 534 g/mol. The number of sulfone groups is 1. The van der Waals surface area contributed by atoms with Gasteiger partial charge in [0.25, 0.3) is 0 Å². The van der Waals surface area contributed by atoms with Gasteiger partial charge in [0.1, 0.15) is 11.6 Å². The van der Waals surface area contributed by atoms with E-state index >= 15 is 0 Å². The highest BCUT2D eigenvalue weighted by atomic mass is 35.5. The van der Waals surface area contributed by atoms with Crippen LogP contribution < -0.4 is 10.6 Å². The number of anilines is 1. The SMILES string of the molecule is CNC(=O)C1CCS(=O)(=O)C([C@@H](c2ccc(NC3Cc4ccc(Cl)c(F)c4C3)nc2)C(F)(F)F)C1. The molecule has 2 heterocycles. The van der Waals surface area contributed by atoms with Crippen LogP contribution in [0.25, 0.3) is 0 Å². The molecular formula is C23H24ClF4N3O3S. The fourth-order valence-electron chi connectivity index (χ4n) is 5.02. The summed E-state index contributed by atoms with van der Waals surface area (Å²) in [5.41, 5.74) is 1.00. The molecular weight excluding hydrogens is 510 g/mol. The van der Waals surface area contributed by atoms with Gasteiger partial charge in [-0.05, 0) is 54.5 Å². The van der Waals surface area contributed by atoms with Crippen molar-refractivity contribution < 1.29 is 30.8 Å². The second-order valence-electron chi connectivity index (χ2n) is 8.99. The molecule has 3 unspecified atom stereocenters. The number of carbonyl (C=O) groups is 1. The molecule has 2 aliphatic rings. The second kappa shape index (κ2) is 9.57. The second-order valence-corrected chi connectivity index (χ2v) is 11.7. The van der Waals surface area contributed by atoms with Crippen molar-refractivity contribution in [3.63, 3.8) is 0 Å². The van der Waals surface area contributed by atoms with E-state index in [1.807, 2.05) is 0 Å². The topological polar surface area (TPSA) is 88.2 Å². The number of rotatable bonds is 5. The minimum atomic E-state index is -4.86. The number of pyridine rings is 1. The average Bonchev–Trinajstić information content (AvgIpc) is 3.20. The molecule has 0 saturated carbocycles. The van der Waals surface area contributed by atoms with Gasteiger partial charge >= 0.3 is 6.18 Å². The van der Waals surface area contributed by atoms with Crippen LogP contribution in [-0.2, 0) is 27.5 Å². The molecule has 0 radical (unpaired) electrons. The summed E-state index contributed by atoms with van der Waals surface area (Å²) in [6.45, 7) is 0. The van der Waals surface area contributed by atoms with Crippen molar-refractivity contribution in [3.05, 3.63) is 58.0 Å². The molecule has 1 aliphatic carbocycles. The van der Waals surface area contributed by atoms with E-state index in [9.17, 15) is 30.8 Å². The summed E-state index contributed by atoms with van der Waals surface area (Å²) in [7, 11) is -2.72. The molecule has 1 aromatic carbocycles. The van der Waals surface area contributed by atoms with Gasteiger partial charge in [0, 0.05) is 25.2 Å². The molecule has 6 nitrogen and oxygen atoms in total. The van der Waals surface area contributed by atoms with E-state index in [0.717, 1.165) is 11.8 Å². The Hall–Kier alpha value is -2.40. The van der Waals surface area contributed by atoms with Gasteiger partial charge < -0.3 is 10.6 Å². The Kier molecular flexibility index (Phi) is 7.02. The van der Waals surface area contributed by atoms with Crippen LogP contribution in [0.5, 0.6) is 0 Å². The predicted octanol–water partition coefficient (Wildman–Crippen LogP) is 4.04. The van der Waals surface area contributed by atoms with Crippen LogP contribution in [0, 0.1) is 11.7 Å². The Balaban J connectivity index is 1.55. The molecule has 4 atom stereocenters. The predicted molar refractivity (Wildman–Crippen MR) is 124 cm³/mol. The smallest absolute Gasteiger partial charge is 0.367 e. The summed E-state index contributed by atoms with van der Waals surface area (Å²) in [6.07, 6.45) is -3.43. The Morgan fingerprint density at radius 2 is 1.94 bits per heavy atom. The van der Waals surface area contributed by atoms with Gasteiger partial charge in [-0.3, -0.25) is 4.79 Å². The summed E-state index contributed by atoms with van der Waals surface area (Å²) >= 11 is 5.84. The lowest BCUT2D eigenvalue weighted by Crippen LogP contribution is -2.46. The number of fused-ring (bicyclic) bond motifs is 1. The molecule has 0 spiro atoms. The van der Waals surface area contributed by atoms with Gasteiger partial charge in [0.05, 0.1) is 21.9 Å². The first-order valence-corrected chi connectivity index (χ1v) is 13.2. The van der Waals surface area contributed by atoms with Crippen molar-refractivity contribution in [1.82, 2.24) is 10.3 Å². The van der Waals surface area contributed by atoms with E-state index in [1.54, 1.807) is 6.07 Å². The van der Waals surface area contributed by atoms with Crippen LogP contribution in [-0.4, -0.2) is 49.6 Å². The van der Waals surface area contributed by atoms with Crippen LogP contribution >= 0.6 is 11.6 Å². The van der Waals surface area contributed by atoms with Gasteiger partial charge in [-0.1, -0.05) is 23.7 Å². The number of alkyl halides is 3. The lowest BCUT2D eigenvalue weighted by Gasteiger charge is -2.34. The number of hydrogen-bond acceptors (Lipinski definition) is 5. The van der Waals surface area contributed by atoms with Crippen LogP contribution in [0.1, 0.15) is 35.4 Å². The zero-order chi connectivity index (χ0) is 25.5. The molecule has 2 aromatic rings. The molecule has 190 valence electrons. The molecule has 2 N–H and O–H groups in total. The molecule has 0 bridgehead atoms. The molecule has 1 aliphatic heterocycles. The van der Waals surface area contributed by atoms with Gasteiger partial charge in [0.15, 0.2) is 9.84 Å². The highest BCUT2D eigenvalue weighted by Gasteiger charge is 2.53. The molecule has 1 aromatic heterocycles. The Morgan fingerprint density at radius 1 is 1.20 bits per heavy atom. The maximum atomic E-state index is 14.3. The van der Waals surface area contributed by atoms with Crippen LogP contribution in [0.15, 0.2) is 30.5 Å². The largest absolute Gasteiger partial charge is 0.397 e. The minimum Gasteiger partial charge on any atom is -0.367 e. The zero-order valence-electron chi connectivity index (χ0n) is 18.7. The molecule has 4 rings (SSSR count). The number of amides is 1.